The van der Waals surface area contributed by atoms with Gasteiger partial charge in [0.15, 0.2) is 5.13 Å². The zero-order chi connectivity index (χ0) is 12.4. The number of thiol groups is 1. The number of hydrogen-bond acceptors (Lipinski definition) is 6. The van der Waals surface area contributed by atoms with Gasteiger partial charge >= 0.3 is 0 Å². The van der Waals surface area contributed by atoms with Crippen LogP contribution in [0, 0.1) is 10.1 Å². The molecular weight excluding hydrogens is 258 g/mol. The molecule has 0 atom stereocenters. The van der Waals surface area contributed by atoms with Gasteiger partial charge in [0.2, 0.25) is 0 Å². The summed E-state index contributed by atoms with van der Waals surface area (Å²) < 4.78 is 1.60. The molecule has 0 spiro atoms. The number of rotatable bonds is 3. The molecule has 1 aromatic carbocycles. The predicted molar refractivity (Wildman–Crippen MR) is 71.6 cm³/mol. The van der Waals surface area contributed by atoms with Crippen LogP contribution in [0.25, 0.3) is 11.3 Å². The smallest absolute Gasteiger partial charge is 0.270 e. The van der Waals surface area contributed by atoms with E-state index < -0.39 is 4.92 Å². The lowest BCUT2D eigenvalue weighted by atomic mass is 10.1. The average molecular weight is 267 g/mol. The minimum atomic E-state index is -0.415. The van der Waals surface area contributed by atoms with Gasteiger partial charge in [0.25, 0.3) is 5.69 Å². The van der Waals surface area contributed by atoms with E-state index in [9.17, 15) is 10.1 Å². The van der Waals surface area contributed by atoms with Crippen molar-refractivity contribution in [3.63, 3.8) is 0 Å². The van der Waals surface area contributed by atoms with Gasteiger partial charge in [0.05, 0.1) is 10.6 Å². The number of thiazole rings is 1. The maximum absolute atomic E-state index is 10.7. The fourth-order valence-electron chi connectivity index (χ4n) is 1.32. The minimum absolute atomic E-state index is 0.0660. The van der Waals surface area contributed by atoms with Crippen LogP contribution in [0.2, 0.25) is 0 Å². The quantitative estimate of drug-likeness (QED) is 0.527. The number of nitro benzene ring substituents is 1. The first-order valence-corrected chi connectivity index (χ1v) is 5.99. The van der Waals surface area contributed by atoms with Crippen LogP contribution in [-0.4, -0.2) is 17.0 Å². The van der Waals surface area contributed by atoms with E-state index in [-0.39, 0.29) is 5.69 Å². The van der Waals surface area contributed by atoms with Crippen LogP contribution in [-0.2, 0) is 0 Å². The molecule has 0 amide bonds. The van der Waals surface area contributed by atoms with Crippen molar-refractivity contribution in [2.24, 2.45) is 0 Å². The summed E-state index contributed by atoms with van der Waals surface area (Å²) in [4.78, 5) is 14.6. The Morgan fingerprint density at radius 2 is 2.29 bits per heavy atom. The molecule has 0 saturated heterocycles. The molecule has 0 bridgehead atoms. The van der Waals surface area contributed by atoms with Crippen molar-refractivity contribution in [3.8, 4) is 11.3 Å². The van der Waals surface area contributed by atoms with Crippen LogP contribution in [0.5, 0.6) is 0 Å². The average Bonchev–Trinajstić information content (AvgIpc) is 2.78. The van der Waals surface area contributed by atoms with Gasteiger partial charge in [0, 0.05) is 30.1 Å². The van der Waals surface area contributed by atoms with Crippen LogP contribution in [0.1, 0.15) is 0 Å². The molecule has 0 unspecified atom stereocenters. The first kappa shape index (κ1) is 11.9. The summed E-state index contributed by atoms with van der Waals surface area (Å²) in [5, 5.41) is 13.3. The molecule has 0 fully saturated rings. The van der Waals surface area contributed by atoms with Crippen molar-refractivity contribution in [1.82, 2.24) is 4.98 Å². The van der Waals surface area contributed by atoms with E-state index in [2.05, 4.69) is 17.8 Å². The van der Waals surface area contributed by atoms with Crippen LogP contribution in [0.4, 0.5) is 10.8 Å². The largest absolute Gasteiger partial charge is 0.298 e. The summed E-state index contributed by atoms with van der Waals surface area (Å²) in [6.07, 6.45) is 0. The fourth-order valence-corrected chi connectivity index (χ4v) is 2.22. The van der Waals surface area contributed by atoms with Crippen LogP contribution >= 0.6 is 24.2 Å². The summed E-state index contributed by atoms with van der Waals surface area (Å²) in [7, 11) is 1.78. The van der Waals surface area contributed by atoms with Crippen LogP contribution in [0.15, 0.2) is 29.6 Å². The van der Waals surface area contributed by atoms with Gasteiger partial charge in [-0.2, -0.15) is 0 Å². The molecule has 0 N–H and O–H groups in total. The second-order valence-electron chi connectivity index (χ2n) is 3.35. The minimum Gasteiger partial charge on any atom is -0.298 e. The van der Waals surface area contributed by atoms with Gasteiger partial charge in [0.1, 0.15) is 0 Å². The highest BCUT2D eigenvalue weighted by Gasteiger charge is 2.10. The van der Waals surface area contributed by atoms with Crippen molar-refractivity contribution in [2.45, 2.75) is 0 Å². The van der Waals surface area contributed by atoms with Crippen molar-refractivity contribution in [1.29, 1.82) is 0 Å². The first-order chi connectivity index (χ1) is 8.08. The van der Waals surface area contributed by atoms with E-state index >= 15 is 0 Å². The van der Waals surface area contributed by atoms with E-state index in [1.165, 1.54) is 23.5 Å². The molecule has 1 aromatic heterocycles. The van der Waals surface area contributed by atoms with Gasteiger partial charge in [-0.15, -0.1) is 11.3 Å². The predicted octanol–water partition coefficient (Wildman–Crippen LogP) is 3.00. The second-order valence-corrected chi connectivity index (χ2v) is 4.78. The number of nitrogens with zero attached hydrogens (tertiary/aromatic N) is 3. The summed E-state index contributed by atoms with van der Waals surface area (Å²) >= 11 is 5.57. The molecule has 17 heavy (non-hydrogen) atoms. The zero-order valence-corrected chi connectivity index (χ0v) is 10.6. The summed E-state index contributed by atoms with van der Waals surface area (Å²) in [6.45, 7) is 0. The van der Waals surface area contributed by atoms with E-state index in [1.807, 2.05) is 5.38 Å². The van der Waals surface area contributed by atoms with E-state index in [4.69, 9.17) is 0 Å². The standard InChI is InChI=1S/C10H9N3O2S2/c1-12(16)10-11-9(6-17-10)7-3-2-4-8(5-7)13(14)15/h2-6,16H,1H3. The lowest BCUT2D eigenvalue weighted by molar-refractivity contribution is -0.384. The molecule has 0 aliphatic carbocycles. The SMILES string of the molecule is CN(S)c1nc(-c2cccc([N+](=O)[O-])c2)cs1. The highest BCUT2D eigenvalue weighted by Crippen LogP contribution is 2.29. The molecule has 1 heterocycles. The molecule has 0 radical (unpaired) electrons. The molecule has 7 heteroatoms. The summed E-state index contributed by atoms with van der Waals surface area (Å²) in [5.41, 5.74) is 1.52. The topological polar surface area (TPSA) is 59.3 Å². The van der Waals surface area contributed by atoms with E-state index in [1.54, 1.807) is 23.5 Å². The third-order valence-corrected chi connectivity index (χ3v) is 3.36. The molecule has 0 aliphatic heterocycles. The van der Waals surface area contributed by atoms with Crippen molar-refractivity contribution >= 4 is 35.0 Å². The van der Waals surface area contributed by atoms with Crippen LogP contribution in [0.3, 0.4) is 0 Å². The Morgan fingerprint density at radius 3 is 2.88 bits per heavy atom. The Bertz CT molecular complexity index is 554. The third-order valence-electron chi connectivity index (χ3n) is 2.12. The number of non-ortho nitro benzene ring substituents is 1. The van der Waals surface area contributed by atoms with Gasteiger partial charge < -0.3 is 0 Å². The van der Waals surface area contributed by atoms with E-state index in [0.29, 0.717) is 0 Å². The number of aromatic nitrogens is 1. The van der Waals surface area contributed by atoms with Crippen molar-refractivity contribution < 1.29 is 4.92 Å². The Hall–Kier alpha value is -1.60. The summed E-state index contributed by atoms with van der Waals surface area (Å²) in [5.74, 6) is 0. The lowest BCUT2D eigenvalue weighted by Gasteiger charge is -2.03. The number of anilines is 1. The van der Waals surface area contributed by atoms with Crippen molar-refractivity contribution in [3.05, 3.63) is 39.8 Å². The maximum Gasteiger partial charge on any atom is 0.270 e. The maximum atomic E-state index is 10.7. The van der Waals surface area contributed by atoms with Gasteiger partial charge in [-0.25, -0.2) is 4.98 Å². The Morgan fingerprint density at radius 1 is 1.53 bits per heavy atom. The van der Waals surface area contributed by atoms with E-state index in [0.717, 1.165) is 16.4 Å². The Kier molecular flexibility index (Phi) is 3.30. The first-order valence-electron chi connectivity index (χ1n) is 4.71. The molecule has 0 aliphatic rings. The number of hydrogen-bond donors (Lipinski definition) is 1. The zero-order valence-electron chi connectivity index (χ0n) is 8.90. The summed E-state index contributed by atoms with van der Waals surface area (Å²) in [6, 6.07) is 6.42. The van der Waals surface area contributed by atoms with Crippen molar-refractivity contribution in [2.75, 3.05) is 11.4 Å². The highest BCUT2D eigenvalue weighted by molar-refractivity contribution is 7.82. The molecule has 5 nitrogen and oxygen atoms in total. The molecule has 88 valence electrons. The fraction of sp³-hybridized carbons (Fsp3) is 0.100. The number of benzene rings is 1. The highest BCUT2D eigenvalue weighted by atomic mass is 32.1. The van der Waals surface area contributed by atoms with Gasteiger partial charge in [-0.3, -0.25) is 14.4 Å². The Labute approximate surface area is 107 Å². The second kappa shape index (κ2) is 4.72. The normalized spacial score (nSPS) is 10.2. The monoisotopic (exact) mass is 267 g/mol. The molecule has 2 rings (SSSR count). The van der Waals surface area contributed by atoms with Crippen LogP contribution < -0.4 is 4.31 Å². The Balaban J connectivity index is 2.38. The molecule has 0 saturated carbocycles. The third kappa shape index (κ3) is 2.56. The number of nitro groups is 1. The van der Waals surface area contributed by atoms with Gasteiger partial charge in [-0.1, -0.05) is 24.9 Å². The molecular formula is C10H9N3O2S2. The van der Waals surface area contributed by atoms with Gasteiger partial charge in [-0.05, 0) is 0 Å². The lowest BCUT2D eigenvalue weighted by Crippen LogP contribution is -1.99. The molecule has 2 aromatic rings.